The van der Waals surface area contributed by atoms with Gasteiger partial charge in [0.05, 0.1) is 41.1 Å². The fourth-order valence-electron chi connectivity index (χ4n) is 2.34. The van der Waals surface area contributed by atoms with E-state index in [2.05, 4.69) is 5.32 Å². The highest BCUT2D eigenvalue weighted by atomic mass is 16.5. The predicted molar refractivity (Wildman–Crippen MR) is 93.6 cm³/mol. The Labute approximate surface area is 146 Å². The maximum Gasteiger partial charge on any atom is 0.259 e. The van der Waals surface area contributed by atoms with E-state index in [1.165, 1.54) is 28.4 Å². The van der Waals surface area contributed by atoms with E-state index in [0.717, 1.165) is 0 Å². The predicted octanol–water partition coefficient (Wildman–Crippen LogP) is 2.98. The largest absolute Gasteiger partial charge is 0.497 e. The minimum absolute atomic E-state index is 0.339. The maximum absolute atomic E-state index is 12.6. The van der Waals surface area contributed by atoms with Crippen LogP contribution in [0.1, 0.15) is 10.4 Å². The molecule has 7 nitrogen and oxygen atoms in total. The molecule has 0 aliphatic carbocycles. The van der Waals surface area contributed by atoms with Gasteiger partial charge >= 0.3 is 0 Å². The molecule has 2 aromatic rings. The van der Waals surface area contributed by atoms with Gasteiger partial charge in [-0.3, -0.25) is 4.79 Å². The van der Waals surface area contributed by atoms with Gasteiger partial charge in [-0.15, -0.1) is 0 Å². The monoisotopic (exact) mass is 347 g/mol. The van der Waals surface area contributed by atoms with Gasteiger partial charge in [-0.05, 0) is 12.1 Å². The van der Waals surface area contributed by atoms with Crippen molar-refractivity contribution >= 4 is 11.6 Å². The maximum atomic E-state index is 12.6. The van der Waals surface area contributed by atoms with Crippen LogP contribution in [0, 0.1) is 0 Å². The van der Waals surface area contributed by atoms with E-state index in [1.54, 1.807) is 37.4 Å². The molecule has 0 atom stereocenters. The van der Waals surface area contributed by atoms with Crippen molar-refractivity contribution in [3.8, 4) is 28.7 Å². The lowest BCUT2D eigenvalue weighted by atomic mass is 10.1. The van der Waals surface area contributed by atoms with Crippen LogP contribution >= 0.6 is 0 Å². The van der Waals surface area contributed by atoms with Crippen LogP contribution in [0.15, 0.2) is 30.3 Å². The second-order valence-corrected chi connectivity index (χ2v) is 4.93. The van der Waals surface area contributed by atoms with Gasteiger partial charge in [0.1, 0.15) is 11.5 Å². The number of carbonyl (C=O) groups excluding carboxylic acids is 1. The third-order valence-electron chi connectivity index (χ3n) is 3.58. The van der Waals surface area contributed by atoms with Gasteiger partial charge in [0.2, 0.25) is 5.75 Å². The summed E-state index contributed by atoms with van der Waals surface area (Å²) >= 11 is 0. The fourth-order valence-corrected chi connectivity index (χ4v) is 2.34. The standard InChI is InChI=1S/C18H21NO6/c1-21-12-6-7-13(14(10-12)22-2)18(20)19-11-8-15(23-3)17(25-5)16(9-11)24-4/h6-10H,1-5H3,(H,19,20). The molecule has 7 heteroatoms. The second-order valence-electron chi connectivity index (χ2n) is 4.93. The Morgan fingerprint density at radius 3 is 1.84 bits per heavy atom. The molecular formula is C18H21NO6. The molecule has 0 saturated heterocycles. The summed E-state index contributed by atoms with van der Waals surface area (Å²) in [4.78, 5) is 12.6. The minimum atomic E-state index is -0.339. The lowest BCUT2D eigenvalue weighted by molar-refractivity contribution is 0.102. The van der Waals surface area contributed by atoms with Gasteiger partial charge in [0.15, 0.2) is 11.5 Å². The van der Waals surface area contributed by atoms with Crippen molar-refractivity contribution < 1.29 is 28.5 Å². The second kappa shape index (κ2) is 8.14. The highest BCUT2D eigenvalue weighted by Gasteiger charge is 2.17. The number of benzene rings is 2. The quantitative estimate of drug-likeness (QED) is 0.830. The Kier molecular flexibility index (Phi) is 5.94. The van der Waals surface area contributed by atoms with E-state index >= 15 is 0 Å². The third-order valence-corrected chi connectivity index (χ3v) is 3.58. The Morgan fingerprint density at radius 1 is 0.760 bits per heavy atom. The molecule has 0 heterocycles. The number of rotatable bonds is 7. The average Bonchev–Trinajstić information content (AvgIpc) is 2.66. The summed E-state index contributed by atoms with van der Waals surface area (Å²) in [5, 5.41) is 2.80. The van der Waals surface area contributed by atoms with Gasteiger partial charge in [-0.1, -0.05) is 0 Å². The molecule has 0 bridgehead atoms. The fraction of sp³-hybridized carbons (Fsp3) is 0.278. The van der Waals surface area contributed by atoms with Crippen LogP contribution in [-0.2, 0) is 0 Å². The van der Waals surface area contributed by atoms with Crippen molar-refractivity contribution in [2.45, 2.75) is 0 Å². The van der Waals surface area contributed by atoms with Crippen molar-refractivity contribution in [2.75, 3.05) is 40.9 Å². The van der Waals surface area contributed by atoms with Crippen LogP contribution in [0.3, 0.4) is 0 Å². The van der Waals surface area contributed by atoms with Crippen molar-refractivity contribution in [1.29, 1.82) is 0 Å². The Balaban J connectivity index is 2.35. The average molecular weight is 347 g/mol. The zero-order valence-electron chi connectivity index (χ0n) is 14.8. The number of amides is 1. The number of ether oxygens (including phenoxy) is 5. The molecule has 1 amide bonds. The summed E-state index contributed by atoms with van der Waals surface area (Å²) < 4.78 is 26.2. The minimum Gasteiger partial charge on any atom is -0.497 e. The molecule has 0 spiro atoms. The first-order valence-electron chi connectivity index (χ1n) is 7.41. The molecule has 0 fully saturated rings. The van der Waals surface area contributed by atoms with Crippen LogP contribution in [0.2, 0.25) is 0 Å². The van der Waals surface area contributed by atoms with E-state index < -0.39 is 0 Å². The smallest absolute Gasteiger partial charge is 0.259 e. The van der Waals surface area contributed by atoms with Crippen LogP contribution in [0.4, 0.5) is 5.69 Å². The summed E-state index contributed by atoms with van der Waals surface area (Å²) in [5.41, 5.74) is 0.870. The molecule has 0 aromatic heterocycles. The summed E-state index contributed by atoms with van der Waals surface area (Å²) in [6.45, 7) is 0. The zero-order valence-corrected chi connectivity index (χ0v) is 14.8. The molecule has 0 saturated carbocycles. The van der Waals surface area contributed by atoms with E-state index in [1.807, 2.05) is 0 Å². The molecule has 134 valence electrons. The lowest BCUT2D eigenvalue weighted by Crippen LogP contribution is -2.13. The van der Waals surface area contributed by atoms with Gasteiger partial charge in [-0.25, -0.2) is 0 Å². The van der Waals surface area contributed by atoms with E-state index in [9.17, 15) is 4.79 Å². The number of carbonyl (C=O) groups is 1. The molecule has 1 N–H and O–H groups in total. The Morgan fingerprint density at radius 2 is 1.36 bits per heavy atom. The van der Waals surface area contributed by atoms with Gasteiger partial charge in [-0.2, -0.15) is 0 Å². The van der Waals surface area contributed by atoms with Crippen molar-refractivity contribution in [1.82, 2.24) is 0 Å². The van der Waals surface area contributed by atoms with Gasteiger partial charge in [0.25, 0.3) is 5.91 Å². The highest BCUT2D eigenvalue weighted by molar-refractivity contribution is 6.06. The first kappa shape index (κ1) is 18.3. The first-order valence-corrected chi connectivity index (χ1v) is 7.41. The van der Waals surface area contributed by atoms with Crippen LogP contribution in [-0.4, -0.2) is 41.5 Å². The summed E-state index contributed by atoms with van der Waals surface area (Å²) in [5.74, 6) is 2.00. The summed E-state index contributed by atoms with van der Waals surface area (Å²) in [6, 6.07) is 8.26. The van der Waals surface area contributed by atoms with Crippen LogP contribution in [0.5, 0.6) is 28.7 Å². The zero-order chi connectivity index (χ0) is 18.4. The molecule has 2 rings (SSSR count). The number of hydrogen-bond donors (Lipinski definition) is 1. The lowest BCUT2D eigenvalue weighted by Gasteiger charge is -2.15. The van der Waals surface area contributed by atoms with E-state index in [-0.39, 0.29) is 5.91 Å². The van der Waals surface area contributed by atoms with Gasteiger partial charge < -0.3 is 29.0 Å². The van der Waals surface area contributed by atoms with Crippen LogP contribution < -0.4 is 29.0 Å². The number of methoxy groups -OCH3 is 5. The van der Waals surface area contributed by atoms with E-state index in [0.29, 0.717) is 40.0 Å². The molecule has 25 heavy (non-hydrogen) atoms. The molecular weight excluding hydrogens is 326 g/mol. The van der Waals surface area contributed by atoms with E-state index in [4.69, 9.17) is 23.7 Å². The molecule has 0 aliphatic rings. The van der Waals surface area contributed by atoms with Crippen molar-refractivity contribution in [3.05, 3.63) is 35.9 Å². The molecule has 0 radical (unpaired) electrons. The van der Waals surface area contributed by atoms with Crippen molar-refractivity contribution in [2.24, 2.45) is 0 Å². The number of nitrogens with one attached hydrogen (secondary N) is 1. The van der Waals surface area contributed by atoms with Crippen LogP contribution in [0.25, 0.3) is 0 Å². The number of hydrogen-bond acceptors (Lipinski definition) is 6. The topological polar surface area (TPSA) is 75.3 Å². The summed E-state index contributed by atoms with van der Waals surface area (Å²) in [7, 11) is 7.57. The number of anilines is 1. The highest BCUT2D eigenvalue weighted by Crippen LogP contribution is 2.40. The van der Waals surface area contributed by atoms with Gasteiger partial charge in [0, 0.05) is 23.9 Å². The first-order chi connectivity index (χ1) is 12.1. The molecule has 0 unspecified atom stereocenters. The third kappa shape index (κ3) is 3.88. The Hall–Kier alpha value is -3.09. The summed E-state index contributed by atoms with van der Waals surface area (Å²) in [6.07, 6.45) is 0. The molecule has 2 aromatic carbocycles. The van der Waals surface area contributed by atoms with Crippen molar-refractivity contribution in [3.63, 3.8) is 0 Å². The Bertz CT molecular complexity index is 734. The molecule has 0 aliphatic heterocycles. The normalized spacial score (nSPS) is 9.96. The SMILES string of the molecule is COc1ccc(C(=O)Nc2cc(OC)c(OC)c(OC)c2)c(OC)c1.